The Labute approximate surface area is 150 Å². The molecule has 0 radical (unpaired) electrons. The predicted octanol–water partition coefficient (Wildman–Crippen LogP) is 1.39. The molecule has 1 saturated heterocycles. The van der Waals surface area contributed by atoms with E-state index in [1.165, 1.54) is 0 Å². The van der Waals surface area contributed by atoms with E-state index >= 15 is 0 Å². The highest BCUT2D eigenvalue weighted by Gasteiger charge is 2.33. The number of ether oxygens (including phenoxy) is 2. The number of methoxy groups -OCH3 is 1. The first kappa shape index (κ1) is 19.7. The van der Waals surface area contributed by atoms with Crippen molar-refractivity contribution in [1.82, 2.24) is 10.2 Å². The van der Waals surface area contributed by atoms with Crippen molar-refractivity contribution in [2.45, 2.75) is 32.9 Å². The van der Waals surface area contributed by atoms with Crippen molar-refractivity contribution in [1.29, 1.82) is 0 Å². The standard InChI is InChI=1S/C19H31N3O3/c1-19(2)14-22(8-7-17(19)20)13-18(23)21-12-15-5-4-6-16(11-15)25-10-9-24-3/h4-6,11,17H,7-10,12-14,20H2,1-3H3,(H,21,23). The van der Waals surface area contributed by atoms with Crippen LogP contribution in [0.5, 0.6) is 5.75 Å². The Hall–Kier alpha value is -1.63. The van der Waals surface area contributed by atoms with E-state index in [2.05, 4.69) is 24.1 Å². The maximum atomic E-state index is 12.2. The van der Waals surface area contributed by atoms with Crippen LogP contribution in [0.15, 0.2) is 24.3 Å². The molecule has 1 heterocycles. The van der Waals surface area contributed by atoms with Gasteiger partial charge in [0.1, 0.15) is 12.4 Å². The normalized spacial score (nSPS) is 20.2. The Bertz CT molecular complexity index is 563. The SMILES string of the molecule is COCCOc1cccc(CNC(=O)CN2CCC(N)C(C)(C)C2)c1. The molecular weight excluding hydrogens is 318 g/mol. The molecule has 6 heteroatoms. The predicted molar refractivity (Wildman–Crippen MR) is 98.5 cm³/mol. The molecule has 3 N–H and O–H groups in total. The molecule has 0 bridgehead atoms. The summed E-state index contributed by atoms with van der Waals surface area (Å²) < 4.78 is 10.6. The van der Waals surface area contributed by atoms with Gasteiger partial charge in [-0.3, -0.25) is 9.69 Å². The third-order valence-corrected chi connectivity index (χ3v) is 4.70. The molecule has 140 valence electrons. The monoisotopic (exact) mass is 349 g/mol. The molecule has 25 heavy (non-hydrogen) atoms. The summed E-state index contributed by atoms with van der Waals surface area (Å²) in [5.41, 5.74) is 7.22. The molecule has 0 aliphatic carbocycles. The lowest BCUT2D eigenvalue weighted by molar-refractivity contribution is -0.123. The van der Waals surface area contributed by atoms with E-state index in [9.17, 15) is 4.79 Å². The number of benzene rings is 1. The zero-order chi connectivity index (χ0) is 18.3. The van der Waals surface area contributed by atoms with Crippen molar-refractivity contribution in [2.75, 3.05) is 40.0 Å². The minimum atomic E-state index is 0.0389. The summed E-state index contributed by atoms with van der Waals surface area (Å²) in [6.45, 7) is 8.03. The summed E-state index contributed by atoms with van der Waals surface area (Å²) >= 11 is 0. The number of rotatable bonds is 8. The van der Waals surface area contributed by atoms with E-state index in [1.807, 2.05) is 24.3 Å². The second-order valence-electron chi connectivity index (χ2n) is 7.36. The van der Waals surface area contributed by atoms with Gasteiger partial charge < -0.3 is 20.5 Å². The zero-order valence-corrected chi connectivity index (χ0v) is 15.6. The fraction of sp³-hybridized carbons (Fsp3) is 0.632. The number of nitrogens with two attached hydrogens (primary N) is 1. The van der Waals surface area contributed by atoms with E-state index in [-0.39, 0.29) is 17.4 Å². The summed E-state index contributed by atoms with van der Waals surface area (Å²) in [4.78, 5) is 14.4. The molecule has 1 aliphatic heterocycles. The Morgan fingerprint density at radius 3 is 2.92 bits per heavy atom. The lowest BCUT2D eigenvalue weighted by Crippen LogP contribution is -2.54. The molecule has 0 aromatic heterocycles. The largest absolute Gasteiger partial charge is 0.491 e. The van der Waals surface area contributed by atoms with Gasteiger partial charge in [0.05, 0.1) is 13.2 Å². The number of nitrogens with zero attached hydrogens (tertiary/aromatic N) is 1. The highest BCUT2D eigenvalue weighted by Crippen LogP contribution is 2.27. The third-order valence-electron chi connectivity index (χ3n) is 4.70. The van der Waals surface area contributed by atoms with Gasteiger partial charge in [-0.15, -0.1) is 0 Å². The summed E-state index contributed by atoms with van der Waals surface area (Å²) in [5, 5.41) is 2.99. The van der Waals surface area contributed by atoms with Crippen LogP contribution in [0.2, 0.25) is 0 Å². The Morgan fingerprint density at radius 1 is 1.40 bits per heavy atom. The van der Waals surface area contributed by atoms with E-state index in [1.54, 1.807) is 7.11 Å². The highest BCUT2D eigenvalue weighted by atomic mass is 16.5. The first-order valence-electron chi connectivity index (χ1n) is 8.86. The van der Waals surface area contributed by atoms with E-state index in [0.717, 1.165) is 30.8 Å². The fourth-order valence-corrected chi connectivity index (χ4v) is 3.07. The number of nitrogens with one attached hydrogen (secondary N) is 1. The lowest BCUT2D eigenvalue weighted by atomic mass is 9.80. The van der Waals surface area contributed by atoms with Crippen LogP contribution in [0.25, 0.3) is 0 Å². The first-order valence-corrected chi connectivity index (χ1v) is 8.86. The second-order valence-corrected chi connectivity index (χ2v) is 7.36. The second kappa shape index (κ2) is 9.17. The van der Waals surface area contributed by atoms with Crippen LogP contribution in [0.3, 0.4) is 0 Å². The van der Waals surface area contributed by atoms with Crippen LogP contribution in [0.4, 0.5) is 0 Å². The minimum absolute atomic E-state index is 0.0389. The van der Waals surface area contributed by atoms with Crippen LogP contribution in [-0.4, -0.2) is 56.8 Å². The van der Waals surface area contributed by atoms with Gasteiger partial charge in [-0.05, 0) is 29.5 Å². The molecule has 1 fully saturated rings. The van der Waals surface area contributed by atoms with E-state index in [4.69, 9.17) is 15.2 Å². The molecule has 0 saturated carbocycles. The maximum Gasteiger partial charge on any atom is 0.234 e. The number of likely N-dealkylation sites (tertiary alicyclic amines) is 1. The Kier molecular flexibility index (Phi) is 7.23. The molecule has 1 amide bonds. The maximum absolute atomic E-state index is 12.2. The van der Waals surface area contributed by atoms with Gasteiger partial charge in [0.15, 0.2) is 0 Å². The van der Waals surface area contributed by atoms with Gasteiger partial charge in [0, 0.05) is 32.8 Å². The number of piperidine rings is 1. The Morgan fingerprint density at radius 2 is 2.20 bits per heavy atom. The fourth-order valence-electron chi connectivity index (χ4n) is 3.07. The van der Waals surface area contributed by atoms with Gasteiger partial charge in [-0.2, -0.15) is 0 Å². The number of carbonyl (C=O) groups is 1. The van der Waals surface area contributed by atoms with Crippen molar-refractivity contribution < 1.29 is 14.3 Å². The van der Waals surface area contributed by atoms with Gasteiger partial charge in [-0.1, -0.05) is 26.0 Å². The molecular formula is C19H31N3O3. The summed E-state index contributed by atoms with van der Waals surface area (Å²) in [6, 6.07) is 7.96. The van der Waals surface area contributed by atoms with E-state index < -0.39 is 0 Å². The van der Waals surface area contributed by atoms with Crippen molar-refractivity contribution >= 4 is 5.91 Å². The Balaban J connectivity index is 1.77. The van der Waals surface area contributed by atoms with E-state index in [0.29, 0.717) is 26.3 Å². The van der Waals surface area contributed by atoms with Crippen LogP contribution in [-0.2, 0) is 16.1 Å². The molecule has 6 nitrogen and oxygen atoms in total. The highest BCUT2D eigenvalue weighted by molar-refractivity contribution is 5.78. The molecule has 0 spiro atoms. The number of carbonyl (C=O) groups excluding carboxylic acids is 1. The van der Waals surface area contributed by atoms with Gasteiger partial charge >= 0.3 is 0 Å². The first-order chi connectivity index (χ1) is 11.9. The molecule has 1 unspecified atom stereocenters. The van der Waals surface area contributed by atoms with Crippen molar-refractivity contribution in [2.24, 2.45) is 11.1 Å². The summed E-state index contributed by atoms with van der Waals surface area (Å²) in [5.74, 6) is 0.826. The number of hydrogen-bond donors (Lipinski definition) is 2. The van der Waals surface area contributed by atoms with Crippen LogP contribution in [0, 0.1) is 5.41 Å². The number of hydrogen-bond acceptors (Lipinski definition) is 5. The van der Waals surface area contributed by atoms with Crippen LogP contribution in [0.1, 0.15) is 25.8 Å². The smallest absolute Gasteiger partial charge is 0.234 e. The minimum Gasteiger partial charge on any atom is -0.491 e. The topological polar surface area (TPSA) is 76.8 Å². The summed E-state index contributed by atoms with van der Waals surface area (Å²) in [7, 11) is 1.65. The number of amides is 1. The molecule has 1 aliphatic rings. The average molecular weight is 349 g/mol. The zero-order valence-electron chi connectivity index (χ0n) is 15.6. The lowest BCUT2D eigenvalue weighted by Gasteiger charge is -2.42. The van der Waals surface area contributed by atoms with Crippen LogP contribution < -0.4 is 15.8 Å². The van der Waals surface area contributed by atoms with Gasteiger partial charge in [0.2, 0.25) is 5.91 Å². The summed E-state index contributed by atoms with van der Waals surface area (Å²) in [6.07, 6.45) is 0.932. The van der Waals surface area contributed by atoms with Crippen LogP contribution >= 0.6 is 0 Å². The van der Waals surface area contributed by atoms with Gasteiger partial charge in [-0.25, -0.2) is 0 Å². The van der Waals surface area contributed by atoms with Crippen molar-refractivity contribution in [3.63, 3.8) is 0 Å². The molecule has 2 rings (SSSR count). The third kappa shape index (κ3) is 6.30. The van der Waals surface area contributed by atoms with Gasteiger partial charge in [0.25, 0.3) is 0 Å². The molecule has 1 aromatic rings. The quantitative estimate of drug-likeness (QED) is 0.694. The average Bonchev–Trinajstić information content (AvgIpc) is 2.57. The van der Waals surface area contributed by atoms with Crippen molar-refractivity contribution in [3.8, 4) is 5.75 Å². The molecule has 1 aromatic carbocycles. The molecule has 1 atom stereocenters. The van der Waals surface area contributed by atoms with Crippen molar-refractivity contribution in [3.05, 3.63) is 29.8 Å².